The van der Waals surface area contributed by atoms with Crippen molar-refractivity contribution in [3.8, 4) is 0 Å². The number of aromatic nitrogens is 1. The second-order valence-corrected chi connectivity index (χ2v) is 7.24. The molecule has 9 nitrogen and oxygen atoms in total. The van der Waals surface area contributed by atoms with Crippen LogP contribution in [0.2, 0.25) is 0 Å². The van der Waals surface area contributed by atoms with Gasteiger partial charge in [0.25, 0.3) is 5.69 Å². The molecule has 0 unspecified atom stereocenters. The molecule has 0 radical (unpaired) electrons. The van der Waals surface area contributed by atoms with Gasteiger partial charge in [-0.2, -0.15) is 0 Å². The zero-order valence-corrected chi connectivity index (χ0v) is 17.6. The van der Waals surface area contributed by atoms with Gasteiger partial charge in [-0.05, 0) is 32.0 Å². The highest BCUT2D eigenvalue weighted by Gasteiger charge is 2.24. The maximum Gasteiger partial charge on any atom is 0.338 e. The smallest absolute Gasteiger partial charge is 0.338 e. The Morgan fingerprint density at radius 2 is 1.97 bits per heavy atom. The Kier molecular flexibility index (Phi) is 6.86. The van der Waals surface area contributed by atoms with Crippen LogP contribution in [0, 0.1) is 24.0 Å². The summed E-state index contributed by atoms with van der Waals surface area (Å²) in [6, 6.07) is 5.94. The van der Waals surface area contributed by atoms with E-state index in [1.807, 2.05) is 23.3 Å². The molecule has 0 spiro atoms. The van der Waals surface area contributed by atoms with Gasteiger partial charge >= 0.3 is 5.97 Å². The molecule has 9 heteroatoms. The number of ether oxygens (including phenoxy) is 2. The van der Waals surface area contributed by atoms with Crippen LogP contribution in [0.15, 0.2) is 36.9 Å². The number of aryl methyl sites for hydroxylation is 1. The number of morpholine rings is 1. The minimum absolute atomic E-state index is 0.0219. The number of hydrogen-bond acceptors (Lipinski definition) is 7. The number of allylic oxidation sites excluding steroid dienone is 1. The number of rotatable bonds is 8. The number of carbonyl (C=O) groups is 2. The lowest BCUT2D eigenvalue weighted by Crippen LogP contribution is -2.36. The summed E-state index contributed by atoms with van der Waals surface area (Å²) >= 11 is 0. The molecular weight excluding hydrogens is 402 g/mol. The van der Waals surface area contributed by atoms with E-state index in [2.05, 4.69) is 6.58 Å². The molecule has 1 aliphatic rings. The monoisotopic (exact) mass is 427 g/mol. The van der Waals surface area contributed by atoms with E-state index in [-0.39, 0.29) is 17.0 Å². The molecule has 1 saturated heterocycles. The van der Waals surface area contributed by atoms with Gasteiger partial charge in [0.1, 0.15) is 5.69 Å². The Labute approximate surface area is 180 Å². The third-order valence-electron chi connectivity index (χ3n) is 5.28. The first-order valence-corrected chi connectivity index (χ1v) is 9.92. The molecule has 3 rings (SSSR count). The van der Waals surface area contributed by atoms with Gasteiger partial charge < -0.3 is 18.9 Å². The first-order chi connectivity index (χ1) is 14.8. The summed E-state index contributed by atoms with van der Waals surface area (Å²) in [5.74, 6) is -1.12. The number of nitro benzene ring substituents is 1. The highest BCUT2D eigenvalue weighted by atomic mass is 16.6. The number of ketones is 1. The van der Waals surface area contributed by atoms with Crippen LogP contribution in [0.25, 0.3) is 0 Å². The summed E-state index contributed by atoms with van der Waals surface area (Å²) in [5.41, 5.74) is 2.41. The Balaban J connectivity index is 1.72. The highest BCUT2D eigenvalue weighted by Crippen LogP contribution is 2.30. The van der Waals surface area contributed by atoms with Gasteiger partial charge in [-0.25, -0.2) is 4.79 Å². The molecule has 0 N–H and O–H groups in total. The Morgan fingerprint density at radius 1 is 1.26 bits per heavy atom. The van der Waals surface area contributed by atoms with Gasteiger partial charge in [-0.1, -0.05) is 6.08 Å². The molecule has 31 heavy (non-hydrogen) atoms. The summed E-state index contributed by atoms with van der Waals surface area (Å²) in [4.78, 5) is 37.9. The van der Waals surface area contributed by atoms with Crippen molar-refractivity contribution in [1.82, 2.24) is 4.57 Å². The zero-order chi connectivity index (χ0) is 22.5. The van der Waals surface area contributed by atoms with E-state index in [1.54, 1.807) is 12.1 Å². The Bertz CT molecular complexity index is 1020. The van der Waals surface area contributed by atoms with E-state index in [4.69, 9.17) is 9.47 Å². The number of carbonyl (C=O) groups excluding carboxylic acids is 2. The normalized spacial score (nSPS) is 13.7. The summed E-state index contributed by atoms with van der Waals surface area (Å²) in [5, 5.41) is 11.5. The van der Waals surface area contributed by atoms with Crippen LogP contribution in [-0.4, -0.2) is 54.2 Å². The van der Waals surface area contributed by atoms with E-state index in [0.29, 0.717) is 44.1 Å². The number of nitro groups is 1. The van der Waals surface area contributed by atoms with Crippen molar-refractivity contribution < 1.29 is 24.0 Å². The van der Waals surface area contributed by atoms with Gasteiger partial charge in [0.2, 0.25) is 5.78 Å². The quantitative estimate of drug-likeness (QED) is 0.210. The number of esters is 1. The number of benzene rings is 1. The minimum Gasteiger partial charge on any atom is -0.454 e. The van der Waals surface area contributed by atoms with Crippen LogP contribution in [0.5, 0.6) is 0 Å². The van der Waals surface area contributed by atoms with Crippen LogP contribution in [0.1, 0.15) is 32.1 Å². The molecule has 2 aromatic rings. The predicted octanol–water partition coefficient (Wildman–Crippen LogP) is 3.08. The van der Waals surface area contributed by atoms with E-state index < -0.39 is 17.5 Å². The lowest BCUT2D eigenvalue weighted by Gasteiger charge is -2.28. The fourth-order valence-corrected chi connectivity index (χ4v) is 3.65. The van der Waals surface area contributed by atoms with Crippen LogP contribution in [0.3, 0.4) is 0 Å². The van der Waals surface area contributed by atoms with Crippen LogP contribution in [-0.2, 0) is 16.0 Å². The van der Waals surface area contributed by atoms with Gasteiger partial charge in [0, 0.05) is 42.7 Å². The average molecular weight is 427 g/mol. The van der Waals surface area contributed by atoms with Crippen molar-refractivity contribution >= 4 is 23.1 Å². The molecule has 0 amide bonds. The standard InChI is InChI=1S/C22H25N3O6/c1-4-7-24-15(2)12-18(16(24)3)21(26)14-31-22(27)17-5-6-19(20(13-17)25(28)29)23-8-10-30-11-9-23/h4-6,12-13H,1,7-11,14H2,2-3H3. The Morgan fingerprint density at radius 3 is 2.61 bits per heavy atom. The molecule has 164 valence electrons. The van der Waals surface area contributed by atoms with Gasteiger partial charge in [0.15, 0.2) is 6.61 Å². The lowest BCUT2D eigenvalue weighted by molar-refractivity contribution is -0.384. The lowest BCUT2D eigenvalue weighted by atomic mass is 10.1. The Hall–Kier alpha value is -3.46. The van der Waals surface area contributed by atoms with Gasteiger partial charge in [0.05, 0.1) is 23.7 Å². The van der Waals surface area contributed by atoms with Crippen molar-refractivity contribution in [2.75, 3.05) is 37.8 Å². The largest absolute Gasteiger partial charge is 0.454 e. The topological polar surface area (TPSA) is 104 Å². The molecular formula is C22H25N3O6. The number of hydrogen-bond donors (Lipinski definition) is 0. The summed E-state index contributed by atoms with van der Waals surface area (Å²) in [6.07, 6.45) is 1.74. The molecule has 0 saturated carbocycles. The summed E-state index contributed by atoms with van der Waals surface area (Å²) < 4.78 is 12.4. The predicted molar refractivity (Wildman–Crippen MR) is 115 cm³/mol. The highest BCUT2D eigenvalue weighted by molar-refractivity contribution is 6.00. The fourth-order valence-electron chi connectivity index (χ4n) is 3.65. The zero-order valence-electron chi connectivity index (χ0n) is 17.6. The first kappa shape index (κ1) is 22.2. The number of Topliss-reactive ketones (excluding diaryl/α,β-unsaturated/α-hetero) is 1. The van der Waals surface area contributed by atoms with E-state index >= 15 is 0 Å². The molecule has 0 atom stereocenters. The van der Waals surface area contributed by atoms with Gasteiger partial charge in [-0.15, -0.1) is 6.58 Å². The number of anilines is 1. The molecule has 2 heterocycles. The molecule has 1 aliphatic heterocycles. The average Bonchev–Trinajstić information content (AvgIpc) is 3.06. The van der Waals surface area contributed by atoms with Crippen LogP contribution >= 0.6 is 0 Å². The van der Waals surface area contributed by atoms with Crippen LogP contribution in [0.4, 0.5) is 11.4 Å². The molecule has 1 aromatic heterocycles. The third-order valence-corrected chi connectivity index (χ3v) is 5.28. The minimum atomic E-state index is -0.787. The summed E-state index contributed by atoms with van der Waals surface area (Å²) in [7, 11) is 0. The van der Waals surface area contributed by atoms with E-state index in [0.717, 1.165) is 11.4 Å². The van der Waals surface area contributed by atoms with Gasteiger partial charge in [-0.3, -0.25) is 14.9 Å². The molecule has 1 aromatic carbocycles. The second-order valence-electron chi connectivity index (χ2n) is 7.24. The van der Waals surface area contributed by atoms with Crippen molar-refractivity contribution in [2.45, 2.75) is 20.4 Å². The SMILES string of the molecule is C=CCn1c(C)cc(C(=O)COC(=O)c2ccc(N3CCOCC3)c([N+](=O)[O-])c2)c1C. The molecule has 0 bridgehead atoms. The maximum absolute atomic E-state index is 12.6. The second kappa shape index (κ2) is 9.57. The van der Waals surface area contributed by atoms with E-state index in [1.165, 1.54) is 18.2 Å². The van der Waals surface area contributed by atoms with Crippen molar-refractivity contribution in [2.24, 2.45) is 0 Å². The van der Waals surface area contributed by atoms with E-state index in [9.17, 15) is 19.7 Å². The van der Waals surface area contributed by atoms with Crippen molar-refractivity contribution in [3.63, 3.8) is 0 Å². The molecule has 0 aliphatic carbocycles. The van der Waals surface area contributed by atoms with Crippen molar-refractivity contribution in [3.05, 3.63) is 69.5 Å². The third kappa shape index (κ3) is 4.83. The summed E-state index contributed by atoms with van der Waals surface area (Å²) in [6.45, 7) is 9.56. The van der Waals surface area contributed by atoms with Crippen molar-refractivity contribution in [1.29, 1.82) is 0 Å². The maximum atomic E-state index is 12.6. The number of nitrogens with zero attached hydrogens (tertiary/aromatic N) is 3. The fraction of sp³-hybridized carbons (Fsp3) is 0.364. The first-order valence-electron chi connectivity index (χ1n) is 9.92. The van der Waals surface area contributed by atoms with Crippen LogP contribution < -0.4 is 4.90 Å². The molecule has 1 fully saturated rings.